The van der Waals surface area contributed by atoms with Crippen LogP contribution < -0.4 is 0 Å². The van der Waals surface area contributed by atoms with E-state index in [-0.39, 0.29) is 0 Å². The van der Waals surface area contributed by atoms with Crippen LogP contribution in [-0.2, 0) is 12.9 Å². The molecular weight excluding hydrogens is 576 g/mol. The lowest BCUT2D eigenvalue weighted by Gasteiger charge is -2.23. The number of hydrogen-bond acceptors (Lipinski definition) is 2. The van der Waals surface area contributed by atoms with Gasteiger partial charge in [-0.05, 0) is 85.7 Å². The number of hydrogen-bond donors (Lipinski definition) is 0. The Balaban J connectivity index is 2.71. The molecular formula is C12H11Br5O2. The second kappa shape index (κ2) is 8.66. The first kappa shape index (κ1) is 18.3. The summed E-state index contributed by atoms with van der Waals surface area (Å²) in [5, 5.41) is 0. The summed E-state index contributed by atoms with van der Waals surface area (Å²) >= 11 is 17.5. The van der Waals surface area contributed by atoms with Gasteiger partial charge in [0.05, 0.1) is 19.8 Å². The zero-order valence-corrected chi connectivity index (χ0v) is 17.7. The zero-order valence-electron chi connectivity index (χ0n) is 9.77. The molecule has 0 heterocycles. The maximum atomic E-state index is 5.75. The van der Waals surface area contributed by atoms with Crippen LogP contribution in [0.2, 0.25) is 0 Å². The van der Waals surface area contributed by atoms with Crippen molar-refractivity contribution in [3.05, 3.63) is 43.8 Å². The van der Waals surface area contributed by atoms with Gasteiger partial charge in [0.2, 0.25) is 3.42 Å². The van der Waals surface area contributed by atoms with Gasteiger partial charge in [-0.2, -0.15) is 0 Å². The van der Waals surface area contributed by atoms with Gasteiger partial charge >= 0.3 is 0 Å². The fraction of sp³-hybridized carbons (Fsp3) is 0.333. The van der Waals surface area contributed by atoms with Gasteiger partial charge < -0.3 is 9.47 Å². The largest absolute Gasteiger partial charge is 0.375 e. The summed E-state index contributed by atoms with van der Waals surface area (Å²) in [6, 6.07) is 3.89. The molecule has 0 N–H and O–H groups in total. The van der Waals surface area contributed by atoms with E-state index in [1.807, 2.05) is 12.1 Å². The highest BCUT2D eigenvalue weighted by molar-refractivity contribution is 9.24. The quantitative estimate of drug-likeness (QED) is 0.167. The lowest BCUT2D eigenvalue weighted by atomic mass is 10.2. The molecule has 0 atom stereocenters. The molecule has 0 amide bonds. The molecule has 0 unspecified atom stereocenters. The predicted octanol–water partition coefficient (Wildman–Crippen LogP) is 6.09. The van der Waals surface area contributed by atoms with Gasteiger partial charge in [0, 0.05) is 19.0 Å². The Labute approximate surface area is 154 Å². The molecule has 7 heteroatoms. The van der Waals surface area contributed by atoms with Crippen LogP contribution in [0, 0.1) is 0 Å². The lowest BCUT2D eigenvalue weighted by molar-refractivity contribution is 0.0375. The molecule has 1 aromatic carbocycles. The van der Waals surface area contributed by atoms with Crippen LogP contribution in [-0.4, -0.2) is 19.8 Å². The van der Waals surface area contributed by atoms with Crippen molar-refractivity contribution in [2.45, 2.75) is 3.42 Å². The molecule has 1 aromatic rings. The highest BCUT2D eigenvalue weighted by atomic mass is 79.9. The molecule has 0 aliphatic heterocycles. The number of ether oxygens (including phenoxy) is 2. The highest BCUT2D eigenvalue weighted by Crippen LogP contribution is 2.46. The van der Waals surface area contributed by atoms with E-state index in [4.69, 9.17) is 9.47 Å². The van der Waals surface area contributed by atoms with Gasteiger partial charge in [-0.1, -0.05) is 12.1 Å². The minimum atomic E-state index is -0.764. The average molecular weight is 587 g/mol. The molecule has 1 rings (SSSR count). The summed E-state index contributed by atoms with van der Waals surface area (Å²) in [5.41, 5.74) is 0.922. The molecule has 19 heavy (non-hydrogen) atoms. The molecule has 0 aromatic heterocycles. The molecule has 0 bridgehead atoms. The fourth-order valence-electron chi connectivity index (χ4n) is 1.22. The zero-order chi connectivity index (χ0) is 14.5. The van der Waals surface area contributed by atoms with Crippen LogP contribution >= 0.6 is 79.6 Å². The molecule has 0 aliphatic rings. The van der Waals surface area contributed by atoms with E-state index in [9.17, 15) is 0 Å². The van der Waals surface area contributed by atoms with Crippen LogP contribution in [0.5, 0.6) is 0 Å². The highest BCUT2D eigenvalue weighted by Gasteiger charge is 2.29. The molecule has 0 aliphatic carbocycles. The van der Waals surface area contributed by atoms with Crippen LogP contribution in [0.15, 0.2) is 38.2 Å². The van der Waals surface area contributed by atoms with E-state index in [0.29, 0.717) is 19.8 Å². The Kier molecular flexibility index (Phi) is 8.35. The maximum Gasteiger partial charge on any atom is 0.204 e. The Bertz CT molecular complexity index is 448. The smallest absolute Gasteiger partial charge is 0.204 e. The van der Waals surface area contributed by atoms with Crippen molar-refractivity contribution >= 4 is 79.6 Å². The first-order valence-electron chi connectivity index (χ1n) is 5.24. The van der Waals surface area contributed by atoms with Gasteiger partial charge in [-0.15, -0.1) is 6.58 Å². The predicted molar refractivity (Wildman–Crippen MR) is 96.0 cm³/mol. The third kappa shape index (κ3) is 5.52. The first-order chi connectivity index (χ1) is 8.90. The Hall–Kier alpha value is 1.28. The van der Waals surface area contributed by atoms with Crippen molar-refractivity contribution in [1.29, 1.82) is 0 Å². The van der Waals surface area contributed by atoms with Crippen LogP contribution in [0.25, 0.3) is 0 Å². The number of alkyl halides is 2. The van der Waals surface area contributed by atoms with Gasteiger partial charge in [0.15, 0.2) is 0 Å². The van der Waals surface area contributed by atoms with Gasteiger partial charge in [-0.3, -0.25) is 0 Å². The molecule has 106 valence electrons. The molecule has 0 fully saturated rings. The second-order valence-corrected chi connectivity index (χ2v) is 9.19. The fourth-order valence-corrected chi connectivity index (χ4v) is 4.31. The van der Waals surface area contributed by atoms with Crippen molar-refractivity contribution in [2.24, 2.45) is 0 Å². The summed E-state index contributed by atoms with van der Waals surface area (Å²) < 4.78 is 13.1. The van der Waals surface area contributed by atoms with Crippen molar-refractivity contribution in [3.8, 4) is 0 Å². The Morgan fingerprint density at radius 1 is 1.11 bits per heavy atom. The van der Waals surface area contributed by atoms with E-state index in [1.54, 1.807) is 6.08 Å². The minimum absolute atomic E-state index is 0.449. The van der Waals surface area contributed by atoms with Gasteiger partial charge in [0.25, 0.3) is 0 Å². The van der Waals surface area contributed by atoms with Crippen molar-refractivity contribution in [2.75, 3.05) is 19.8 Å². The monoisotopic (exact) mass is 582 g/mol. The number of benzene rings is 1. The lowest BCUT2D eigenvalue weighted by Crippen LogP contribution is -2.18. The minimum Gasteiger partial charge on any atom is -0.375 e. The van der Waals surface area contributed by atoms with Gasteiger partial charge in [0.1, 0.15) is 0 Å². The summed E-state index contributed by atoms with van der Waals surface area (Å²) in [7, 11) is 0. The molecule has 0 radical (unpaired) electrons. The Morgan fingerprint density at radius 2 is 1.79 bits per heavy atom. The van der Waals surface area contributed by atoms with Crippen molar-refractivity contribution in [1.82, 2.24) is 0 Å². The van der Waals surface area contributed by atoms with E-state index in [2.05, 4.69) is 86.2 Å². The summed E-state index contributed by atoms with van der Waals surface area (Å²) in [6.07, 6.45) is 1.71. The van der Waals surface area contributed by atoms with Crippen molar-refractivity contribution in [3.63, 3.8) is 0 Å². The second-order valence-electron chi connectivity index (χ2n) is 3.45. The summed E-state index contributed by atoms with van der Waals surface area (Å²) in [5.74, 6) is 0. The van der Waals surface area contributed by atoms with Crippen LogP contribution in [0.1, 0.15) is 5.56 Å². The van der Waals surface area contributed by atoms with E-state index in [0.717, 1.165) is 19.0 Å². The first-order valence-corrected chi connectivity index (χ1v) is 9.21. The standard InChI is InChI=1S/C12H11Br5O2/c1-2-5-18-6-7-19-12(16,17)8-3-4-9(13)11(15)10(8)14/h2-4H,1,5-7H2. The summed E-state index contributed by atoms with van der Waals surface area (Å²) in [6.45, 7) is 5.06. The average Bonchev–Trinajstić information content (AvgIpc) is 2.35. The third-order valence-corrected chi connectivity index (χ3v) is 6.78. The Morgan fingerprint density at radius 3 is 2.42 bits per heavy atom. The maximum absolute atomic E-state index is 5.75. The molecule has 0 saturated heterocycles. The van der Waals surface area contributed by atoms with Crippen molar-refractivity contribution < 1.29 is 9.47 Å². The number of halogens is 5. The molecule has 2 nitrogen and oxygen atoms in total. The normalized spacial score (nSPS) is 11.6. The summed E-state index contributed by atoms with van der Waals surface area (Å²) in [4.78, 5) is 0. The topological polar surface area (TPSA) is 18.5 Å². The van der Waals surface area contributed by atoms with Crippen LogP contribution in [0.3, 0.4) is 0 Å². The van der Waals surface area contributed by atoms with E-state index in [1.165, 1.54) is 0 Å². The van der Waals surface area contributed by atoms with E-state index >= 15 is 0 Å². The molecule has 0 saturated carbocycles. The van der Waals surface area contributed by atoms with Crippen LogP contribution in [0.4, 0.5) is 0 Å². The SMILES string of the molecule is C=CCOCCOC(Br)(Br)c1ccc(Br)c(Br)c1Br. The third-order valence-electron chi connectivity index (χ3n) is 2.10. The number of rotatable bonds is 7. The molecule has 0 spiro atoms. The van der Waals surface area contributed by atoms with E-state index < -0.39 is 3.42 Å². The van der Waals surface area contributed by atoms with Gasteiger partial charge in [-0.25, -0.2) is 0 Å².